The number of hydrogen-bond donors (Lipinski definition) is 2. The van der Waals surface area contributed by atoms with E-state index in [0.717, 1.165) is 37.9 Å². The Labute approximate surface area is 194 Å². The monoisotopic (exact) mass is 445 g/mol. The Kier molecular flexibility index (Phi) is 6.40. The standard InChI is InChI=1S/C27H31N3O3/c31-25(24-14-29-26(15-28-24)33-19-21-9-5-2-6-10-21)18-30-16-22-12-27(32,13-23(22)17-30)11-20-7-3-1-4-8-20/h1-10,14-15,22-23,25,31-32H,11-13,16-19H2/t22-,23-,25+/m0/s1. The highest BCUT2D eigenvalue weighted by Gasteiger charge is 2.48. The third-order valence-corrected chi connectivity index (χ3v) is 6.96. The quantitative estimate of drug-likeness (QED) is 0.553. The Morgan fingerprint density at radius 3 is 2.15 bits per heavy atom. The minimum absolute atomic E-state index is 0.435. The van der Waals surface area contributed by atoms with Crippen LogP contribution in [0.5, 0.6) is 5.88 Å². The van der Waals surface area contributed by atoms with Crippen LogP contribution in [0, 0.1) is 11.8 Å². The van der Waals surface area contributed by atoms with Gasteiger partial charge in [0.15, 0.2) is 0 Å². The Hall–Kier alpha value is -2.80. The van der Waals surface area contributed by atoms with E-state index in [2.05, 4.69) is 27.0 Å². The van der Waals surface area contributed by atoms with Crippen molar-refractivity contribution >= 4 is 0 Å². The van der Waals surface area contributed by atoms with Crippen LogP contribution in [-0.4, -0.2) is 50.3 Å². The predicted octanol–water partition coefficient (Wildman–Crippen LogP) is 3.40. The van der Waals surface area contributed by atoms with Gasteiger partial charge in [0.2, 0.25) is 5.88 Å². The summed E-state index contributed by atoms with van der Waals surface area (Å²) in [6, 6.07) is 20.2. The molecule has 5 rings (SSSR count). The molecule has 0 bridgehead atoms. The third kappa shape index (κ3) is 5.41. The molecule has 2 aliphatic rings. The van der Waals surface area contributed by atoms with Crippen LogP contribution >= 0.6 is 0 Å². The number of hydrogen-bond acceptors (Lipinski definition) is 6. The molecule has 1 saturated carbocycles. The van der Waals surface area contributed by atoms with E-state index in [1.807, 2.05) is 48.5 Å². The Morgan fingerprint density at radius 2 is 1.55 bits per heavy atom. The van der Waals surface area contributed by atoms with Crippen LogP contribution in [0.3, 0.4) is 0 Å². The highest BCUT2D eigenvalue weighted by Crippen LogP contribution is 2.45. The summed E-state index contributed by atoms with van der Waals surface area (Å²) in [6.45, 7) is 2.78. The maximum atomic E-state index is 11.1. The van der Waals surface area contributed by atoms with Crippen molar-refractivity contribution in [3.8, 4) is 5.88 Å². The second-order valence-corrected chi connectivity index (χ2v) is 9.60. The predicted molar refractivity (Wildman–Crippen MR) is 126 cm³/mol. The van der Waals surface area contributed by atoms with Crippen molar-refractivity contribution in [3.05, 3.63) is 89.9 Å². The molecule has 33 heavy (non-hydrogen) atoms. The minimum atomic E-state index is -0.692. The smallest absolute Gasteiger partial charge is 0.232 e. The van der Waals surface area contributed by atoms with Crippen molar-refractivity contribution in [1.82, 2.24) is 14.9 Å². The highest BCUT2D eigenvalue weighted by atomic mass is 16.5. The Bertz CT molecular complexity index is 1020. The molecule has 2 heterocycles. The van der Waals surface area contributed by atoms with Gasteiger partial charge in [0.05, 0.1) is 23.7 Å². The molecule has 1 aliphatic carbocycles. The summed E-state index contributed by atoms with van der Waals surface area (Å²) in [5, 5.41) is 21.8. The fourth-order valence-electron chi connectivity index (χ4n) is 5.47. The van der Waals surface area contributed by atoms with Crippen LogP contribution in [0.15, 0.2) is 73.1 Å². The molecule has 1 aromatic heterocycles. The largest absolute Gasteiger partial charge is 0.472 e. The first-order chi connectivity index (χ1) is 16.1. The summed E-state index contributed by atoms with van der Waals surface area (Å²) in [5.41, 5.74) is 2.21. The first-order valence-electron chi connectivity index (χ1n) is 11.7. The van der Waals surface area contributed by atoms with Gasteiger partial charge in [-0.05, 0) is 35.8 Å². The normalized spacial score (nSPS) is 22.7. The number of benzene rings is 2. The number of ether oxygens (including phenoxy) is 1. The molecular weight excluding hydrogens is 414 g/mol. The van der Waals surface area contributed by atoms with Gasteiger partial charge in [-0.1, -0.05) is 60.7 Å². The zero-order valence-electron chi connectivity index (χ0n) is 18.8. The summed E-state index contributed by atoms with van der Waals surface area (Å²) in [6.07, 6.45) is 4.85. The molecule has 2 N–H and O–H groups in total. The molecule has 1 aliphatic heterocycles. The summed E-state index contributed by atoms with van der Waals surface area (Å²) in [7, 11) is 0. The van der Waals surface area contributed by atoms with E-state index in [9.17, 15) is 10.2 Å². The van der Waals surface area contributed by atoms with Crippen molar-refractivity contribution in [2.24, 2.45) is 11.8 Å². The van der Waals surface area contributed by atoms with Gasteiger partial charge >= 0.3 is 0 Å². The molecule has 2 fully saturated rings. The molecule has 0 amide bonds. The van der Waals surface area contributed by atoms with Crippen molar-refractivity contribution in [2.75, 3.05) is 19.6 Å². The van der Waals surface area contributed by atoms with Gasteiger partial charge in [-0.25, -0.2) is 4.98 Å². The molecule has 0 unspecified atom stereocenters. The fourth-order valence-corrected chi connectivity index (χ4v) is 5.47. The van der Waals surface area contributed by atoms with Gasteiger partial charge in [0.1, 0.15) is 12.7 Å². The number of likely N-dealkylation sites (tertiary alicyclic amines) is 1. The summed E-state index contributed by atoms with van der Waals surface area (Å²) in [5.74, 6) is 1.40. The first-order valence-corrected chi connectivity index (χ1v) is 11.7. The lowest BCUT2D eigenvalue weighted by Crippen LogP contribution is -2.33. The molecule has 0 radical (unpaired) electrons. The van der Waals surface area contributed by atoms with Crippen molar-refractivity contribution in [3.63, 3.8) is 0 Å². The maximum Gasteiger partial charge on any atom is 0.232 e. The lowest BCUT2D eigenvalue weighted by atomic mass is 9.91. The van der Waals surface area contributed by atoms with Gasteiger partial charge in [0.25, 0.3) is 0 Å². The average molecular weight is 446 g/mol. The van der Waals surface area contributed by atoms with E-state index in [1.54, 1.807) is 12.4 Å². The number of nitrogens with zero attached hydrogens (tertiary/aromatic N) is 3. The molecule has 6 nitrogen and oxygen atoms in total. The van der Waals surface area contributed by atoms with Gasteiger partial charge in [-0.15, -0.1) is 0 Å². The van der Waals surface area contributed by atoms with Crippen LogP contribution in [0.25, 0.3) is 0 Å². The van der Waals surface area contributed by atoms with Crippen LogP contribution in [0.4, 0.5) is 0 Å². The molecule has 3 aromatic rings. The fraction of sp³-hybridized carbons (Fsp3) is 0.407. The highest BCUT2D eigenvalue weighted by molar-refractivity contribution is 5.19. The number of fused-ring (bicyclic) bond motifs is 1. The minimum Gasteiger partial charge on any atom is -0.472 e. The van der Waals surface area contributed by atoms with E-state index in [1.165, 1.54) is 5.56 Å². The van der Waals surface area contributed by atoms with E-state index in [-0.39, 0.29) is 0 Å². The number of rotatable bonds is 8. The number of aliphatic hydroxyl groups excluding tert-OH is 1. The van der Waals surface area contributed by atoms with Gasteiger partial charge in [0, 0.05) is 26.1 Å². The number of β-amino-alcohol motifs (C(OH)–C–C–N with tert-alkyl or cyclic N) is 1. The SMILES string of the molecule is O[C@H](CN1C[C@@H]2CC(O)(Cc3ccccc3)C[C@H]2C1)c1cnc(OCc2ccccc2)cn1. The topological polar surface area (TPSA) is 78.7 Å². The van der Waals surface area contributed by atoms with Crippen LogP contribution in [-0.2, 0) is 13.0 Å². The zero-order valence-corrected chi connectivity index (χ0v) is 18.8. The summed E-state index contributed by atoms with van der Waals surface area (Å²) in [4.78, 5) is 11.0. The summed E-state index contributed by atoms with van der Waals surface area (Å²) < 4.78 is 5.68. The molecule has 6 heteroatoms. The maximum absolute atomic E-state index is 11.1. The molecule has 2 aromatic carbocycles. The van der Waals surface area contributed by atoms with E-state index < -0.39 is 11.7 Å². The van der Waals surface area contributed by atoms with Crippen LogP contribution < -0.4 is 4.74 Å². The summed E-state index contributed by atoms with van der Waals surface area (Å²) >= 11 is 0. The Morgan fingerprint density at radius 1 is 0.909 bits per heavy atom. The lowest BCUT2D eigenvalue weighted by molar-refractivity contribution is 0.0327. The van der Waals surface area contributed by atoms with Gasteiger partial charge < -0.3 is 14.9 Å². The van der Waals surface area contributed by atoms with Gasteiger partial charge in [-0.2, -0.15) is 0 Å². The van der Waals surface area contributed by atoms with Crippen molar-refractivity contribution < 1.29 is 14.9 Å². The average Bonchev–Trinajstić information content (AvgIpc) is 3.33. The third-order valence-electron chi connectivity index (χ3n) is 6.96. The second kappa shape index (κ2) is 9.59. The molecule has 3 atom stereocenters. The second-order valence-electron chi connectivity index (χ2n) is 9.60. The number of aromatic nitrogens is 2. The lowest BCUT2D eigenvalue weighted by Gasteiger charge is -2.26. The van der Waals surface area contributed by atoms with E-state index >= 15 is 0 Å². The van der Waals surface area contributed by atoms with E-state index in [4.69, 9.17) is 4.74 Å². The molecule has 1 saturated heterocycles. The van der Waals surface area contributed by atoms with Gasteiger partial charge in [-0.3, -0.25) is 9.88 Å². The Balaban J connectivity index is 1.10. The number of aliphatic hydroxyl groups is 2. The van der Waals surface area contributed by atoms with Crippen molar-refractivity contribution in [2.45, 2.75) is 37.6 Å². The molecule has 0 spiro atoms. The molecular formula is C27H31N3O3. The van der Waals surface area contributed by atoms with E-state index in [0.29, 0.717) is 36.6 Å². The van der Waals surface area contributed by atoms with Crippen LogP contribution in [0.2, 0.25) is 0 Å². The van der Waals surface area contributed by atoms with Crippen LogP contribution in [0.1, 0.15) is 35.8 Å². The zero-order chi connectivity index (χ0) is 22.7. The van der Waals surface area contributed by atoms with Crippen molar-refractivity contribution in [1.29, 1.82) is 0 Å². The first kappa shape index (κ1) is 22.0. The molecule has 172 valence electrons.